The van der Waals surface area contributed by atoms with E-state index in [0.29, 0.717) is 11.4 Å². The van der Waals surface area contributed by atoms with Gasteiger partial charge in [0.1, 0.15) is 11.4 Å². The molecule has 0 aliphatic carbocycles. The van der Waals surface area contributed by atoms with Gasteiger partial charge in [-0.1, -0.05) is 6.07 Å². The molecule has 0 fully saturated rings. The number of nitrogens with one attached hydrogen (secondary N) is 2. The van der Waals surface area contributed by atoms with Crippen molar-refractivity contribution in [2.45, 2.75) is 0 Å². The predicted octanol–water partition coefficient (Wildman–Crippen LogP) is 4.06. The quantitative estimate of drug-likeness (QED) is 0.505. The molecule has 116 valence electrons. The summed E-state index contributed by atoms with van der Waals surface area (Å²) in [6, 6.07) is 6.66. The van der Waals surface area contributed by atoms with Crippen molar-refractivity contribution in [1.82, 2.24) is 0 Å². The average Bonchev–Trinajstić information content (AvgIpc) is 2.50. The molecule has 2 rings (SSSR count). The Balaban J connectivity index is 2.19. The third-order valence-electron chi connectivity index (χ3n) is 2.68. The molecule has 0 bridgehead atoms. The second-order valence-corrected chi connectivity index (χ2v) is 4.56. The van der Waals surface area contributed by atoms with Crippen molar-refractivity contribution in [3.63, 3.8) is 0 Å². The molecular weight excluding hydrogens is 320 g/mol. The highest BCUT2D eigenvalue weighted by Crippen LogP contribution is 2.24. The Morgan fingerprint density at radius 1 is 1.00 bits per heavy atom. The van der Waals surface area contributed by atoms with Crippen LogP contribution in [0.1, 0.15) is 0 Å². The number of halogens is 4. The van der Waals surface area contributed by atoms with Crippen molar-refractivity contribution < 1.29 is 22.3 Å². The summed E-state index contributed by atoms with van der Waals surface area (Å²) in [5.74, 6) is -5.64. The predicted molar refractivity (Wildman–Crippen MR) is 79.1 cm³/mol. The molecule has 0 spiro atoms. The number of thiocarbonyl (C=S) groups is 1. The fourth-order valence-electron chi connectivity index (χ4n) is 1.66. The van der Waals surface area contributed by atoms with Crippen LogP contribution in [0.4, 0.5) is 28.9 Å². The van der Waals surface area contributed by atoms with Crippen molar-refractivity contribution in [3.05, 3.63) is 53.6 Å². The van der Waals surface area contributed by atoms with Crippen LogP contribution >= 0.6 is 12.2 Å². The van der Waals surface area contributed by atoms with Gasteiger partial charge in [-0.25, -0.2) is 17.6 Å². The van der Waals surface area contributed by atoms with Gasteiger partial charge in [-0.05, 0) is 24.4 Å². The first-order valence-electron chi connectivity index (χ1n) is 5.97. The minimum absolute atomic E-state index is 0.119. The smallest absolute Gasteiger partial charge is 0.185 e. The third-order valence-corrected chi connectivity index (χ3v) is 2.88. The number of benzene rings is 2. The lowest BCUT2D eigenvalue weighted by Gasteiger charge is -2.13. The van der Waals surface area contributed by atoms with Gasteiger partial charge in [0, 0.05) is 17.8 Å². The molecule has 0 unspecified atom stereocenters. The van der Waals surface area contributed by atoms with Crippen molar-refractivity contribution in [1.29, 1.82) is 0 Å². The molecular formula is C14H10F4N2OS. The number of hydrogen-bond donors (Lipinski definition) is 2. The molecule has 0 atom stereocenters. The van der Waals surface area contributed by atoms with E-state index in [9.17, 15) is 17.6 Å². The van der Waals surface area contributed by atoms with Gasteiger partial charge in [-0.2, -0.15) is 0 Å². The Morgan fingerprint density at radius 3 is 2.23 bits per heavy atom. The van der Waals surface area contributed by atoms with Crippen molar-refractivity contribution in [3.8, 4) is 5.75 Å². The van der Waals surface area contributed by atoms with E-state index in [1.807, 2.05) is 0 Å². The molecule has 0 heterocycles. The van der Waals surface area contributed by atoms with Gasteiger partial charge in [-0.15, -0.1) is 0 Å². The summed E-state index contributed by atoms with van der Waals surface area (Å²) in [6.07, 6.45) is 0. The van der Waals surface area contributed by atoms with Gasteiger partial charge in [0.15, 0.2) is 28.4 Å². The Labute approximate surface area is 128 Å². The lowest BCUT2D eigenvalue weighted by molar-refractivity contribution is 0.415. The minimum Gasteiger partial charge on any atom is -0.497 e. The van der Waals surface area contributed by atoms with E-state index in [0.717, 1.165) is 0 Å². The zero-order valence-electron chi connectivity index (χ0n) is 11.2. The number of methoxy groups -OCH3 is 1. The third kappa shape index (κ3) is 3.45. The van der Waals surface area contributed by atoms with E-state index in [1.165, 1.54) is 7.11 Å². The monoisotopic (exact) mass is 330 g/mol. The first kappa shape index (κ1) is 16.0. The maximum absolute atomic E-state index is 13.5. The van der Waals surface area contributed by atoms with Crippen LogP contribution < -0.4 is 15.4 Å². The van der Waals surface area contributed by atoms with Gasteiger partial charge in [0.2, 0.25) is 0 Å². The van der Waals surface area contributed by atoms with Crippen molar-refractivity contribution in [2.24, 2.45) is 0 Å². The Morgan fingerprint density at radius 2 is 1.64 bits per heavy atom. The standard InChI is InChI=1S/C14H10F4N2OS/c1-21-8-4-2-3-7(5-8)19-14(22)20-13-11(17)9(15)6-10(16)12(13)18/h2-6H,1H3,(H2,19,20,22). The molecule has 0 amide bonds. The van der Waals surface area contributed by atoms with Crippen LogP contribution in [-0.4, -0.2) is 12.2 Å². The number of hydrogen-bond acceptors (Lipinski definition) is 2. The summed E-state index contributed by atoms with van der Waals surface area (Å²) in [6.45, 7) is 0. The fourth-order valence-corrected chi connectivity index (χ4v) is 1.88. The SMILES string of the molecule is COc1cccc(NC(=S)Nc2c(F)c(F)cc(F)c2F)c1. The molecule has 2 aromatic carbocycles. The maximum Gasteiger partial charge on any atom is 0.185 e. The summed E-state index contributed by atoms with van der Waals surface area (Å²) in [7, 11) is 1.47. The number of anilines is 2. The van der Waals surface area contributed by atoms with Gasteiger partial charge in [0.25, 0.3) is 0 Å². The normalized spacial score (nSPS) is 10.2. The molecule has 8 heteroatoms. The van der Waals surface area contributed by atoms with E-state index < -0.39 is 29.0 Å². The maximum atomic E-state index is 13.5. The van der Waals surface area contributed by atoms with Gasteiger partial charge < -0.3 is 15.4 Å². The minimum atomic E-state index is -1.56. The summed E-state index contributed by atoms with van der Waals surface area (Å²) >= 11 is 4.86. The fraction of sp³-hybridized carbons (Fsp3) is 0.0714. The largest absolute Gasteiger partial charge is 0.497 e. The number of rotatable bonds is 3. The van der Waals surface area contributed by atoms with E-state index in [-0.39, 0.29) is 11.2 Å². The lowest BCUT2D eigenvalue weighted by atomic mass is 10.2. The summed E-state index contributed by atoms with van der Waals surface area (Å²) in [4.78, 5) is 0. The highest BCUT2D eigenvalue weighted by atomic mass is 32.1. The topological polar surface area (TPSA) is 33.3 Å². The Kier molecular flexibility index (Phi) is 4.81. The van der Waals surface area contributed by atoms with Crippen LogP contribution in [0.3, 0.4) is 0 Å². The van der Waals surface area contributed by atoms with Crippen LogP contribution in [0.5, 0.6) is 5.75 Å². The highest BCUT2D eigenvalue weighted by molar-refractivity contribution is 7.80. The summed E-state index contributed by atoms with van der Waals surface area (Å²) in [5.41, 5.74) is -0.535. The average molecular weight is 330 g/mol. The van der Waals surface area contributed by atoms with E-state index in [1.54, 1.807) is 24.3 Å². The second-order valence-electron chi connectivity index (χ2n) is 4.15. The molecule has 2 aromatic rings. The van der Waals surface area contributed by atoms with Crippen LogP contribution in [0.15, 0.2) is 30.3 Å². The van der Waals surface area contributed by atoms with Crippen LogP contribution in [0.2, 0.25) is 0 Å². The van der Waals surface area contributed by atoms with Gasteiger partial charge in [0.05, 0.1) is 7.11 Å². The summed E-state index contributed by atoms with van der Waals surface area (Å²) < 4.78 is 58.2. The molecule has 22 heavy (non-hydrogen) atoms. The van der Waals surface area contributed by atoms with E-state index >= 15 is 0 Å². The molecule has 0 saturated heterocycles. The Bertz CT molecular complexity index is 698. The van der Waals surface area contributed by atoms with Crippen LogP contribution in [0, 0.1) is 23.3 Å². The Hall–Kier alpha value is -2.35. The number of ether oxygens (including phenoxy) is 1. The highest BCUT2D eigenvalue weighted by Gasteiger charge is 2.19. The van der Waals surface area contributed by atoms with Gasteiger partial charge >= 0.3 is 0 Å². The second kappa shape index (κ2) is 6.61. The van der Waals surface area contributed by atoms with Crippen molar-refractivity contribution >= 4 is 28.7 Å². The zero-order valence-corrected chi connectivity index (χ0v) is 12.0. The van der Waals surface area contributed by atoms with Crippen LogP contribution in [-0.2, 0) is 0 Å². The van der Waals surface area contributed by atoms with Crippen LogP contribution in [0.25, 0.3) is 0 Å². The lowest BCUT2D eigenvalue weighted by Crippen LogP contribution is -2.21. The molecule has 0 aliphatic rings. The molecule has 0 saturated carbocycles. The van der Waals surface area contributed by atoms with Gasteiger partial charge in [-0.3, -0.25) is 0 Å². The van der Waals surface area contributed by atoms with Crippen molar-refractivity contribution in [2.75, 3.05) is 17.7 Å². The van der Waals surface area contributed by atoms with E-state index in [2.05, 4.69) is 10.6 Å². The summed E-state index contributed by atoms with van der Waals surface area (Å²) in [5, 5.41) is 4.48. The molecule has 2 N–H and O–H groups in total. The first-order valence-corrected chi connectivity index (χ1v) is 6.38. The molecule has 3 nitrogen and oxygen atoms in total. The molecule has 0 radical (unpaired) electrons. The zero-order chi connectivity index (χ0) is 16.3. The first-order chi connectivity index (χ1) is 10.4. The van der Waals surface area contributed by atoms with E-state index in [4.69, 9.17) is 17.0 Å². The molecule has 0 aromatic heterocycles. The molecule has 0 aliphatic heterocycles.